The summed E-state index contributed by atoms with van der Waals surface area (Å²) in [4.78, 5) is 2.47. The van der Waals surface area contributed by atoms with Crippen molar-refractivity contribution in [2.24, 2.45) is 5.92 Å². The molecule has 0 aliphatic carbocycles. The summed E-state index contributed by atoms with van der Waals surface area (Å²) in [6.45, 7) is 3.04. The molecule has 26 heavy (non-hydrogen) atoms. The monoisotopic (exact) mass is 351 g/mol. The molecule has 0 spiro atoms. The number of ether oxygens (including phenoxy) is 1. The SMILES string of the molecule is OC1C2CCN(CC2)C1Cc1ccc(OCCCc2ccccc2)cc1. The van der Waals surface area contributed by atoms with Crippen LogP contribution < -0.4 is 4.74 Å². The van der Waals surface area contributed by atoms with Crippen LogP contribution >= 0.6 is 0 Å². The molecule has 2 bridgehead atoms. The highest BCUT2D eigenvalue weighted by Crippen LogP contribution is 2.33. The number of piperidine rings is 3. The average molecular weight is 351 g/mol. The molecule has 3 heterocycles. The standard InChI is InChI=1S/C23H29NO2/c25-23-20-12-14-24(15-13-20)22(23)17-19-8-10-21(11-9-19)26-16-4-7-18-5-2-1-3-6-18/h1-3,5-6,8-11,20,22-23,25H,4,7,12-17H2. The molecule has 3 fully saturated rings. The lowest BCUT2D eigenvalue weighted by molar-refractivity contribution is -0.0715. The molecule has 138 valence electrons. The van der Waals surface area contributed by atoms with Crippen LogP contribution in [0.3, 0.4) is 0 Å². The first kappa shape index (κ1) is 17.6. The summed E-state index contributed by atoms with van der Waals surface area (Å²) in [5, 5.41) is 10.5. The smallest absolute Gasteiger partial charge is 0.119 e. The summed E-state index contributed by atoms with van der Waals surface area (Å²) in [5.41, 5.74) is 2.65. The molecule has 2 atom stereocenters. The molecular formula is C23H29NO2. The molecule has 1 N–H and O–H groups in total. The molecule has 5 rings (SSSR count). The van der Waals surface area contributed by atoms with Crippen LogP contribution in [0.5, 0.6) is 5.75 Å². The second-order valence-electron chi connectivity index (χ2n) is 7.72. The van der Waals surface area contributed by atoms with Crippen LogP contribution in [0.15, 0.2) is 54.6 Å². The highest BCUT2D eigenvalue weighted by Gasteiger charge is 2.40. The van der Waals surface area contributed by atoms with E-state index in [2.05, 4.69) is 59.5 Å². The lowest BCUT2D eigenvalue weighted by atomic mass is 9.78. The fourth-order valence-electron chi connectivity index (χ4n) is 4.45. The van der Waals surface area contributed by atoms with E-state index in [4.69, 9.17) is 4.74 Å². The van der Waals surface area contributed by atoms with Crippen LogP contribution in [0.2, 0.25) is 0 Å². The van der Waals surface area contributed by atoms with Gasteiger partial charge in [0.15, 0.2) is 0 Å². The third-order valence-corrected chi connectivity index (χ3v) is 6.01. The zero-order chi connectivity index (χ0) is 17.8. The Hall–Kier alpha value is -1.84. The first-order valence-corrected chi connectivity index (χ1v) is 9.97. The Morgan fingerprint density at radius 3 is 2.35 bits per heavy atom. The topological polar surface area (TPSA) is 32.7 Å². The highest BCUT2D eigenvalue weighted by atomic mass is 16.5. The number of hydrogen-bond donors (Lipinski definition) is 1. The maximum absolute atomic E-state index is 10.5. The lowest BCUT2D eigenvalue weighted by Crippen LogP contribution is -2.58. The van der Waals surface area contributed by atoms with Gasteiger partial charge in [0.05, 0.1) is 12.7 Å². The maximum atomic E-state index is 10.5. The molecule has 0 aromatic heterocycles. The van der Waals surface area contributed by atoms with Gasteiger partial charge < -0.3 is 9.84 Å². The number of aryl methyl sites for hydroxylation is 1. The number of rotatable bonds is 7. The average Bonchev–Trinajstić information content (AvgIpc) is 2.70. The van der Waals surface area contributed by atoms with Crippen molar-refractivity contribution in [3.63, 3.8) is 0 Å². The van der Waals surface area contributed by atoms with Crippen molar-refractivity contribution in [1.82, 2.24) is 4.90 Å². The predicted molar refractivity (Wildman–Crippen MR) is 104 cm³/mol. The second-order valence-corrected chi connectivity index (χ2v) is 7.72. The largest absolute Gasteiger partial charge is 0.494 e. The van der Waals surface area contributed by atoms with Crippen molar-refractivity contribution in [2.45, 2.75) is 44.2 Å². The Morgan fingerprint density at radius 2 is 1.65 bits per heavy atom. The quantitative estimate of drug-likeness (QED) is 0.772. The van der Waals surface area contributed by atoms with Gasteiger partial charge in [-0.15, -0.1) is 0 Å². The lowest BCUT2D eigenvalue weighted by Gasteiger charge is -2.49. The van der Waals surface area contributed by atoms with Gasteiger partial charge in [-0.1, -0.05) is 42.5 Å². The van der Waals surface area contributed by atoms with E-state index in [0.717, 1.165) is 57.6 Å². The van der Waals surface area contributed by atoms with Crippen molar-refractivity contribution in [3.05, 3.63) is 65.7 Å². The maximum Gasteiger partial charge on any atom is 0.119 e. The van der Waals surface area contributed by atoms with E-state index >= 15 is 0 Å². The zero-order valence-electron chi connectivity index (χ0n) is 15.4. The number of fused-ring (bicyclic) bond motifs is 3. The fourth-order valence-corrected chi connectivity index (χ4v) is 4.45. The molecule has 2 aromatic carbocycles. The van der Waals surface area contributed by atoms with Gasteiger partial charge in [0.25, 0.3) is 0 Å². The number of aliphatic hydroxyl groups is 1. The first-order chi connectivity index (χ1) is 12.8. The van der Waals surface area contributed by atoms with Crippen molar-refractivity contribution in [1.29, 1.82) is 0 Å². The molecule has 3 aliphatic rings. The van der Waals surface area contributed by atoms with Crippen molar-refractivity contribution in [3.8, 4) is 5.75 Å². The summed E-state index contributed by atoms with van der Waals surface area (Å²) in [6, 6.07) is 19.3. The van der Waals surface area contributed by atoms with E-state index in [9.17, 15) is 5.11 Å². The highest BCUT2D eigenvalue weighted by molar-refractivity contribution is 5.28. The normalized spacial score (nSPS) is 27.4. The molecular weight excluding hydrogens is 322 g/mol. The third-order valence-electron chi connectivity index (χ3n) is 6.01. The van der Waals surface area contributed by atoms with Crippen LogP contribution in [0.1, 0.15) is 30.4 Å². The molecule has 3 heteroatoms. The van der Waals surface area contributed by atoms with Gasteiger partial charge in [0, 0.05) is 6.04 Å². The summed E-state index contributed by atoms with van der Waals surface area (Å²) in [7, 11) is 0. The number of aliphatic hydroxyl groups excluding tert-OH is 1. The van der Waals surface area contributed by atoms with Crippen molar-refractivity contribution in [2.75, 3.05) is 19.7 Å². The summed E-state index contributed by atoms with van der Waals surface area (Å²) < 4.78 is 5.88. The summed E-state index contributed by atoms with van der Waals surface area (Å²) >= 11 is 0. The minimum Gasteiger partial charge on any atom is -0.494 e. The van der Waals surface area contributed by atoms with E-state index in [1.807, 2.05) is 0 Å². The minimum atomic E-state index is -0.161. The number of hydrogen-bond acceptors (Lipinski definition) is 3. The van der Waals surface area contributed by atoms with E-state index in [1.165, 1.54) is 11.1 Å². The summed E-state index contributed by atoms with van der Waals surface area (Å²) in [5.74, 6) is 1.45. The van der Waals surface area contributed by atoms with Crippen LogP contribution in [0, 0.1) is 5.92 Å². The van der Waals surface area contributed by atoms with Gasteiger partial charge >= 0.3 is 0 Å². The van der Waals surface area contributed by atoms with Crippen LogP contribution in [0.4, 0.5) is 0 Å². The Kier molecular flexibility index (Phi) is 5.57. The van der Waals surface area contributed by atoms with Crippen LogP contribution in [-0.2, 0) is 12.8 Å². The number of nitrogens with zero attached hydrogens (tertiary/aromatic N) is 1. The second kappa shape index (κ2) is 8.24. The molecule has 2 aromatic rings. The van der Waals surface area contributed by atoms with Crippen molar-refractivity contribution >= 4 is 0 Å². The molecule has 0 radical (unpaired) electrons. The van der Waals surface area contributed by atoms with Crippen LogP contribution in [0.25, 0.3) is 0 Å². The third kappa shape index (κ3) is 4.11. The van der Waals surface area contributed by atoms with E-state index in [-0.39, 0.29) is 6.10 Å². The Bertz CT molecular complexity index is 675. The molecule has 3 nitrogen and oxygen atoms in total. The van der Waals surface area contributed by atoms with E-state index < -0.39 is 0 Å². The molecule has 2 unspecified atom stereocenters. The Labute approximate surface area is 156 Å². The Morgan fingerprint density at radius 1 is 0.923 bits per heavy atom. The van der Waals surface area contributed by atoms with E-state index in [0.29, 0.717) is 12.0 Å². The molecule has 3 aliphatic heterocycles. The fraction of sp³-hybridized carbons (Fsp3) is 0.478. The molecule has 0 saturated carbocycles. The summed E-state index contributed by atoms with van der Waals surface area (Å²) in [6.07, 6.45) is 5.17. The van der Waals surface area contributed by atoms with Gasteiger partial charge in [-0.25, -0.2) is 0 Å². The first-order valence-electron chi connectivity index (χ1n) is 9.97. The van der Waals surface area contributed by atoms with Crippen LogP contribution in [-0.4, -0.2) is 41.8 Å². The predicted octanol–water partition coefficient (Wildman–Crippen LogP) is 3.70. The van der Waals surface area contributed by atoms with Gasteiger partial charge in [-0.3, -0.25) is 4.90 Å². The van der Waals surface area contributed by atoms with Gasteiger partial charge in [0.1, 0.15) is 5.75 Å². The zero-order valence-corrected chi connectivity index (χ0v) is 15.4. The van der Waals surface area contributed by atoms with Gasteiger partial charge in [-0.05, 0) is 74.4 Å². The van der Waals surface area contributed by atoms with Crippen molar-refractivity contribution < 1.29 is 9.84 Å². The molecule has 3 saturated heterocycles. The van der Waals surface area contributed by atoms with Gasteiger partial charge in [0.2, 0.25) is 0 Å². The van der Waals surface area contributed by atoms with Gasteiger partial charge in [-0.2, -0.15) is 0 Å². The minimum absolute atomic E-state index is 0.161. The Balaban J connectivity index is 1.24. The van der Waals surface area contributed by atoms with E-state index in [1.54, 1.807) is 0 Å². The number of benzene rings is 2. The molecule has 0 amide bonds.